The van der Waals surface area contributed by atoms with Crippen LogP contribution in [0.1, 0.15) is 47.4 Å². The van der Waals surface area contributed by atoms with Crippen LogP contribution in [0.25, 0.3) is 0 Å². The van der Waals surface area contributed by atoms with Crippen molar-refractivity contribution in [3.8, 4) is 0 Å². The van der Waals surface area contributed by atoms with E-state index in [9.17, 15) is 14.4 Å². The Morgan fingerprint density at radius 1 is 1.15 bits per heavy atom. The van der Waals surface area contributed by atoms with Gasteiger partial charge in [0.05, 0.1) is 16.1 Å². The van der Waals surface area contributed by atoms with Gasteiger partial charge in [0.25, 0.3) is 17.4 Å². The molecule has 0 aliphatic rings. The predicted octanol–water partition coefficient (Wildman–Crippen LogP) is 3.55. The summed E-state index contributed by atoms with van der Waals surface area (Å²) >= 11 is 6.04. The molecule has 2 rings (SSSR count). The third-order valence-electron chi connectivity index (χ3n) is 4.07. The van der Waals surface area contributed by atoms with Crippen molar-refractivity contribution in [1.82, 2.24) is 9.47 Å². The Labute approximate surface area is 163 Å². The average Bonchev–Trinajstić information content (AvgIpc) is 2.64. The molecule has 0 atom stereocenters. The van der Waals surface area contributed by atoms with E-state index in [4.69, 9.17) is 11.6 Å². The lowest BCUT2D eigenvalue weighted by Gasteiger charge is -2.22. The number of amides is 2. The Hall–Kier alpha value is -2.60. The summed E-state index contributed by atoms with van der Waals surface area (Å²) in [7, 11) is 1.55. The van der Waals surface area contributed by atoms with Crippen LogP contribution in [0.5, 0.6) is 0 Å². The van der Waals surface area contributed by atoms with Crippen LogP contribution in [0.15, 0.2) is 41.3 Å². The van der Waals surface area contributed by atoms with Gasteiger partial charge in [-0.15, -0.1) is 0 Å². The lowest BCUT2D eigenvalue weighted by Crippen LogP contribution is -2.34. The number of halogens is 1. The molecule has 1 heterocycles. The highest BCUT2D eigenvalue weighted by Crippen LogP contribution is 2.17. The second kappa shape index (κ2) is 9.37. The molecule has 0 saturated carbocycles. The molecule has 0 saturated heterocycles. The van der Waals surface area contributed by atoms with Gasteiger partial charge in [-0.2, -0.15) is 0 Å². The van der Waals surface area contributed by atoms with Crippen LogP contribution in [0.2, 0.25) is 5.02 Å². The van der Waals surface area contributed by atoms with Crippen LogP contribution in [0, 0.1) is 0 Å². The monoisotopic (exact) mass is 389 g/mol. The minimum absolute atomic E-state index is 0.0428. The number of nitrogens with zero attached hydrogens (tertiary/aromatic N) is 2. The maximum absolute atomic E-state index is 12.8. The largest absolute Gasteiger partial charge is 0.339 e. The first-order chi connectivity index (χ1) is 12.9. The van der Waals surface area contributed by atoms with Crippen molar-refractivity contribution in [2.45, 2.75) is 26.7 Å². The van der Waals surface area contributed by atoms with Gasteiger partial charge in [0.2, 0.25) is 0 Å². The van der Waals surface area contributed by atoms with E-state index in [1.54, 1.807) is 36.2 Å². The van der Waals surface area contributed by atoms with Gasteiger partial charge in [0.15, 0.2) is 0 Å². The normalized spacial score (nSPS) is 10.5. The Morgan fingerprint density at radius 2 is 1.78 bits per heavy atom. The van der Waals surface area contributed by atoms with E-state index in [1.165, 1.54) is 16.8 Å². The zero-order chi connectivity index (χ0) is 20.0. The number of benzene rings is 1. The lowest BCUT2D eigenvalue weighted by atomic mass is 10.2. The number of pyridine rings is 1. The highest BCUT2D eigenvalue weighted by Gasteiger charge is 2.18. The van der Waals surface area contributed by atoms with Gasteiger partial charge in [-0.05, 0) is 31.0 Å². The van der Waals surface area contributed by atoms with E-state index in [2.05, 4.69) is 5.32 Å². The molecule has 6 nitrogen and oxygen atoms in total. The van der Waals surface area contributed by atoms with Crippen molar-refractivity contribution >= 4 is 29.1 Å². The summed E-state index contributed by atoms with van der Waals surface area (Å²) in [6.07, 6.45) is 3.18. The van der Waals surface area contributed by atoms with Gasteiger partial charge in [0, 0.05) is 26.3 Å². The molecule has 2 amide bonds. The van der Waals surface area contributed by atoms with Gasteiger partial charge >= 0.3 is 0 Å². The van der Waals surface area contributed by atoms with Crippen LogP contribution in [-0.2, 0) is 7.05 Å². The summed E-state index contributed by atoms with van der Waals surface area (Å²) in [5.74, 6) is -0.663. The van der Waals surface area contributed by atoms with Crippen LogP contribution in [-0.4, -0.2) is 34.4 Å². The molecule has 0 radical (unpaired) electrons. The smallest absolute Gasteiger partial charge is 0.274 e. The van der Waals surface area contributed by atoms with Crippen molar-refractivity contribution in [1.29, 1.82) is 0 Å². The van der Waals surface area contributed by atoms with Crippen molar-refractivity contribution in [2.75, 3.05) is 18.4 Å². The first kappa shape index (κ1) is 20.7. The summed E-state index contributed by atoms with van der Waals surface area (Å²) in [5.41, 5.74) is 0.260. The molecular formula is C20H24ClN3O3. The van der Waals surface area contributed by atoms with Crippen LogP contribution in [0.4, 0.5) is 5.69 Å². The van der Waals surface area contributed by atoms with Crippen LogP contribution < -0.4 is 10.9 Å². The maximum Gasteiger partial charge on any atom is 0.274 e. The number of hydrogen-bond acceptors (Lipinski definition) is 3. The van der Waals surface area contributed by atoms with E-state index in [0.717, 1.165) is 12.8 Å². The topological polar surface area (TPSA) is 71.4 Å². The van der Waals surface area contributed by atoms with Crippen molar-refractivity contribution in [3.63, 3.8) is 0 Å². The van der Waals surface area contributed by atoms with Crippen molar-refractivity contribution in [2.24, 2.45) is 7.05 Å². The predicted molar refractivity (Wildman–Crippen MR) is 108 cm³/mol. The fourth-order valence-electron chi connectivity index (χ4n) is 2.79. The molecule has 144 valence electrons. The Balaban J connectivity index is 2.35. The van der Waals surface area contributed by atoms with Crippen LogP contribution in [0.3, 0.4) is 0 Å². The number of carbonyl (C=O) groups is 2. The number of aryl methyl sites for hydroxylation is 1. The summed E-state index contributed by atoms with van der Waals surface area (Å²) in [4.78, 5) is 39.5. The number of hydrogen-bond donors (Lipinski definition) is 1. The second-order valence-electron chi connectivity index (χ2n) is 6.28. The number of carbonyl (C=O) groups excluding carboxylic acids is 2. The summed E-state index contributed by atoms with van der Waals surface area (Å²) in [5, 5.41) is 2.87. The van der Waals surface area contributed by atoms with E-state index >= 15 is 0 Å². The molecule has 0 spiro atoms. The van der Waals surface area contributed by atoms with Crippen LogP contribution >= 0.6 is 11.6 Å². The molecule has 1 aromatic heterocycles. The summed E-state index contributed by atoms with van der Waals surface area (Å²) in [6.45, 7) is 5.28. The molecule has 0 aliphatic carbocycles. The minimum atomic E-state index is -0.499. The number of anilines is 1. The van der Waals surface area contributed by atoms with Crippen molar-refractivity contribution in [3.05, 3.63) is 63.0 Å². The first-order valence-electron chi connectivity index (χ1n) is 8.94. The van der Waals surface area contributed by atoms with E-state index in [0.29, 0.717) is 18.7 Å². The van der Waals surface area contributed by atoms with E-state index < -0.39 is 11.5 Å². The molecule has 7 heteroatoms. The van der Waals surface area contributed by atoms with Gasteiger partial charge in [-0.3, -0.25) is 14.4 Å². The van der Waals surface area contributed by atoms with E-state index in [-0.39, 0.29) is 22.2 Å². The zero-order valence-corrected chi connectivity index (χ0v) is 16.5. The standard InChI is InChI=1S/C20H24ClN3O3/c1-4-10-24(11-5-2)19(26)14-12-17(20(27)23(3)13-14)22-18(25)15-8-6-7-9-16(15)21/h6-9,12-13H,4-5,10-11H2,1-3H3,(H,22,25). The summed E-state index contributed by atoms with van der Waals surface area (Å²) < 4.78 is 1.30. The molecule has 1 aromatic carbocycles. The molecule has 0 fully saturated rings. The molecule has 0 aliphatic heterocycles. The Bertz CT molecular complexity index is 886. The first-order valence-corrected chi connectivity index (χ1v) is 9.32. The average molecular weight is 390 g/mol. The quantitative estimate of drug-likeness (QED) is 0.787. The van der Waals surface area contributed by atoms with Gasteiger partial charge in [-0.1, -0.05) is 37.6 Å². The Kier molecular flexibility index (Phi) is 7.19. The molecule has 1 N–H and O–H groups in total. The fourth-order valence-corrected chi connectivity index (χ4v) is 3.01. The SMILES string of the molecule is CCCN(CCC)C(=O)c1cc(NC(=O)c2ccccc2Cl)c(=O)n(C)c1. The highest BCUT2D eigenvalue weighted by molar-refractivity contribution is 6.34. The van der Waals surface area contributed by atoms with Gasteiger partial charge < -0.3 is 14.8 Å². The van der Waals surface area contributed by atoms with Crippen molar-refractivity contribution < 1.29 is 9.59 Å². The molecule has 0 unspecified atom stereocenters. The number of aromatic nitrogens is 1. The second-order valence-corrected chi connectivity index (χ2v) is 6.69. The third kappa shape index (κ3) is 4.98. The number of rotatable bonds is 7. The molecular weight excluding hydrogens is 366 g/mol. The fraction of sp³-hybridized carbons (Fsp3) is 0.350. The minimum Gasteiger partial charge on any atom is -0.339 e. The molecule has 27 heavy (non-hydrogen) atoms. The lowest BCUT2D eigenvalue weighted by molar-refractivity contribution is 0.0754. The summed E-state index contributed by atoms with van der Waals surface area (Å²) in [6, 6.07) is 8.00. The maximum atomic E-state index is 12.8. The zero-order valence-electron chi connectivity index (χ0n) is 15.8. The van der Waals surface area contributed by atoms with Gasteiger partial charge in [0.1, 0.15) is 5.69 Å². The highest BCUT2D eigenvalue weighted by atomic mass is 35.5. The Morgan fingerprint density at radius 3 is 2.37 bits per heavy atom. The van der Waals surface area contributed by atoms with Gasteiger partial charge in [-0.25, -0.2) is 0 Å². The third-order valence-corrected chi connectivity index (χ3v) is 4.40. The van der Waals surface area contributed by atoms with E-state index in [1.807, 2.05) is 13.8 Å². The number of nitrogens with one attached hydrogen (secondary N) is 1. The molecule has 0 bridgehead atoms. The molecule has 2 aromatic rings.